The van der Waals surface area contributed by atoms with E-state index in [2.05, 4.69) is 0 Å². The summed E-state index contributed by atoms with van der Waals surface area (Å²) in [6.07, 6.45) is 0.196. The van der Waals surface area contributed by atoms with Crippen LogP contribution in [-0.2, 0) is 19.7 Å². The Bertz CT molecular complexity index is 413. The van der Waals surface area contributed by atoms with Crippen LogP contribution in [0.25, 0.3) is 0 Å². The summed E-state index contributed by atoms with van der Waals surface area (Å²) in [6.45, 7) is 3.72. The number of aliphatic carboxylic acids is 1. The van der Waals surface area contributed by atoms with Crippen LogP contribution in [-0.4, -0.2) is 23.7 Å². The van der Waals surface area contributed by atoms with Crippen LogP contribution < -0.4 is 0 Å². The molecule has 0 saturated carbocycles. The van der Waals surface area contributed by atoms with Gasteiger partial charge in [-0.25, -0.2) is 0 Å². The lowest BCUT2D eigenvalue weighted by atomic mass is 9.75. The second-order valence-corrected chi connectivity index (χ2v) is 4.09. The minimum Gasteiger partial charge on any atom is -0.481 e. The molecule has 1 rings (SSSR count). The molecule has 0 heterocycles. The quantitative estimate of drug-likeness (QED) is 0.787. The minimum atomic E-state index is -1.20. The van der Waals surface area contributed by atoms with Gasteiger partial charge in [-0.15, -0.1) is 0 Å². The van der Waals surface area contributed by atoms with Gasteiger partial charge in [0.05, 0.1) is 13.0 Å². The van der Waals surface area contributed by atoms with E-state index in [4.69, 9.17) is 4.74 Å². The normalized spacial score (nSPS) is 13.7. The molecule has 4 nitrogen and oxygen atoms in total. The van der Waals surface area contributed by atoms with Gasteiger partial charge in [0.2, 0.25) is 0 Å². The van der Waals surface area contributed by atoms with Crippen LogP contribution in [0.15, 0.2) is 30.3 Å². The molecule has 0 unspecified atom stereocenters. The standard InChI is InChI=1S/C14H18O4/c1-3-14(13(16)17,10-12(15)18-4-2)11-8-6-5-7-9-11/h5-9H,3-4,10H2,1-2H3,(H,16,17)/t14-/m0/s1. The molecule has 0 amide bonds. The van der Waals surface area contributed by atoms with Gasteiger partial charge < -0.3 is 9.84 Å². The van der Waals surface area contributed by atoms with Gasteiger partial charge in [-0.2, -0.15) is 0 Å². The van der Waals surface area contributed by atoms with E-state index < -0.39 is 17.4 Å². The van der Waals surface area contributed by atoms with E-state index >= 15 is 0 Å². The SMILES string of the molecule is CCOC(=O)C[C@](CC)(C(=O)O)c1ccccc1. The summed E-state index contributed by atoms with van der Waals surface area (Å²) in [5, 5.41) is 9.49. The Labute approximate surface area is 107 Å². The highest BCUT2D eigenvalue weighted by atomic mass is 16.5. The second-order valence-electron chi connectivity index (χ2n) is 4.09. The zero-order chi connectivity index (χ0) is 13.6. The number of hydrogen-bond acceptors (Lipinski definition) is 3. The molecule has 4 heteroatoms. The fraction of sp³-hybridized carbons (Fsp3) is 0.429. The smallest absolute Gasteiger partial charge is 0.314 e. The molecule has 0 fully saturated rings. The van der Waals surface area contributed by atoms with E-state index in [9.17, 15) is 14.7 Å². The first kappa shape index (κ1) is 14.2. The molecule has 0 saturated heterocycles. The fourth-order valence-electron chi connectivity index (χ4n) is 2.00. The summed E-state index contributed by atoms with van der Waals surface area (Å²) in [5.74, 6) is -1.48. The molecule has 1 atom stereocenters. The molecule has 0 spiro atoms. The molecule has 0 aliphatic heterocycles. The van der Waals surface area contributed by atoms with Crippen molar-refractivity contribution in [2.45, 2.75) is 32.1 Å². The highest BCUT2D eigenvalue weighted by Crippen LogP contribution is 2.32. The summed E-state index contributed by atoms with van der Waals surface area (Å²) >= 11 is 0. The summed E-state index contributed by atoms with van der Waals surface area (Å²) in [6, 6.07) is 8.82. The number of carbonyl (C=O) groups excluding carboxylic acids is 1. The fourth-order valence-corrected chi connectivity index (χ4v) is 2.00. The van der Waals surface area contributed by atoms with Crippen LogP contribution in [0.2, 0.25) is 0 Å². The van der Waals surface area contributed by atoms with Crippen molar-refractivity contribution in [3.05, 3.63) is 35.9 Å². The van der Waals surface area contributed by atoms with Crippen LogP contribution in [0.4, 0.5) is 0 Å². The molecule has 0 radical (unpaired) electrons. The highest BCUT2D eigenvalue weighted by Gasteiger charge is 2.41. The van der Waals surface area contributed by atoms with E-state index in [0.29, 0.717) is 12.0 Å². The van der Waals surface area contributed by atoms with Crippen molar-refractivity contribution >= 4 is 11.9 Å². The lowest BCUT2D eigenvalue weighted by Gasteiger charge is -2.27. The van der Waals surface area contributed by atoms with Crippen molar-refractivity contribution in [2.24, 2.45) is 0 Å². The second kappa shape index (κ2) is 6.19. The van der Waals surface area contributed by atoms with Crippen molar-refractivity contribution in [1.82, 2.24) is 0 Å². The zero-order valence-corrected chi connectivity index (χ0v) is 10.7. The lowest BCUT2D eigenvalue weighted by Crippen LogP contribution is -2.38. The molecule has 0 aliphatic rings. The zero-order valence-electron chi connectivity index (χ0n) is 10.7. The molecular formula is C14H18O4. The number of ether oxygens (including phenoxy) is 1. The monoisotopic (exact) mass is 250 g/mol. The third kappa shape index (κ3) is 2.88. The average molecular weight is 250 g/mol. The van der Waals surface area contributed by atoms with Crippen molar-refractivity contribution in [1.29, 1.82) is 0 Å². The van der Waals surface area contributed by atoms with E-state index in [-0.39, 0.29) is 13.0 Å². The molecule has 1 N–H and O–H groups in total. The molecular weight excluding hydrogens is 232 g/mol. The first-order valence-corrected chi connectivity index (χ1v) is 6.01. The average Bonchev–Trinajstić information content (AvgIpc) is 2.37. The van der Waals surface area contributed by atoms with Gasteiger partial charge in [0.25, 0.3) is 0 Å². The number of benzene rings is 1. The first-order valence-electron chi connectivity index (χ1n) is 6.01. The Morgan fingerprint density at radius 1 is 1.22 bits per heavy atom. The van der Waals surface area contributed by atoms with Crippen LogP contribution in [0.1, 0.15) is 32.3 Å². The van der Waals surface area contributed by atoms with Gasteiger partial charge in [-0.3, -0.25) is 9.59 Å². The van der Waals surface area contributed by atoms with Crippen LogP contribution in [0, 0.1) is 0 Å². The van der Waals surface area contributed by atoms with Gasteiger partial charge in [0, 0.05) is 0 Å². The molecule has 0 bridgehead atoms. The Morgan fingerprint density at radius 2 is 1.83 bits per heavy atom. The maximum absolute atomic E-state index is 11.6. The maximum atomic E-state index is 11.6. The van der Waals surface area contributed by atoms with E-state index in [1.165, 1.54) is 0 Å². The number of carboxylic acids is 1. The Balaban J connectivity index is 3.10. The summed E-state index contributed by atoms with van der Waals surface area (Å²) in [5.41, 5.74) is -0.568. The van der Waals surface area contributed by atoms with E-state index in [1.807, 2.05) is 6.07 Å². The van der Waals surface area contributed by atoms with Crippen molar-refractivity contribution in [2.75, 3.05) is 6.61 Å². The van der Waals surface area contributed by atoms with Crippen LogP contribution in [0.3, 0.4) is 0 Å². The molecule has 1 aromatic rings. The highest BCUT2D eigenvalue weighted by molar-refractivity contribution is 5.87. The summed E-state index contributed by atoms with van der Waals surface area (Å²) < 4.78 is 4.87. The maximum Gasteiger partial charge on any atom is 0.314 e. The number of rotatable bonds is 6. The number of carboxylic acid groups (broad SMARTS) is 1. The van der Waals surface area contributed by atoms with Gasteiger partial charge in [-0.05, 0) is 18.9 Å². The predicted molar refractivity (Wildman–Crippen MR) is 67.3 cm³/mol. The van der Waals surface area contributed by atoms with Gasteiger partial charge in [-0.1, -0.05) is 37.3 Å². The Morgan fingerprint density at radius 3 is 2.28 bits per heavy atom. The molecule has 1 aromatic carbocycles. The molecule has 0 aliphatic carbocycles. The molecule has 18 heavy (non-hydrogen) atoms. The third-order valence-electron chi connectivity index (χ3n) is 3.09. The van der Waals surface area contributed by atoms with Crippen LogP contribution in [0.5, 0.6) is 0 Å². The van der Waals surface area contributed by atoms with Crippen molar-refractivity contribution in [3.8, 4) is 0 Å². The van der Waals surface area contributed by atoms with Gasteiger partial charge in [0.15, 0.2) is 0 Å². The first-order chi connectivity index (χ1) is 8.56. The van der Waals surface area contributed by atoms with Gasteiger partial charge in [0.1, 0.15) is 5.41 Å². The minimum absolute atomic E-state index is 0.142. The van der Waals surface area contributed by atoms with Crippen molar-refractivity contribution in [3.63, 3.8) is 0 Å². The van der Waals surface area contributed by atoms with Crippen molar-refractivity contribution < 1.29 is 19.4 Å². The Hall–Kier alpha value is -1.84. The predicted octanol–water partition coefficient (Wildman–Crippen LogP) is 2.37. The summed E-state index contributed by atoms with van der Waals surface area (Å²) in [7, 11) is 0. The van der Waals surface area contributed by atoms with Gasteiger partial charge >= 0.3 is 11.9 Å². The molecule has 98 valence electrons. The largest absolute Gasteiger partial charge is 0.481 e. The number of esters is 1. The lowest BCUT2D eigenvalue weighted by molar-refractivity contribution is -0.153. The van der Waals surface area contributed by atoms with E-state index in [1.54, 1.807) is 38.1 Å². The summed E-state index contributed by atoms with van der Waals surface area (Å²) in [4.78, 5) is 23.2. The Kier molecular flexibility index (Phi) is 4.89. The third-order valence-corrected chi connectivity index (χ3v) is 3.09. The number of hydrogen-bond donors (Lipinski definition) is 1. The van der Waals surface area contributed by atoms with Crippen LogP contribution >= 0.6 is 0 Å². The molecule has 0 aromatic heterocycles. The number of carbonyl (C=O) groups is 2. The topological polar surface area (TPSA) is 63.6 Å². The van der Waals surface area contributed by atoms with E-state index in [0.717, 1.165) is 0 Å².